The van der Waals surface area contributed by atoms with E-state index in [1.165, 1.54) is 0 Å². The Kier molecular flexibility index (Phi) is 5.80. The van der Waals surface area contributed by atoms with Crippen molar-refractivity contribution in [1.82, 2.24) is 5.43 Å². The van der Waals surface area contributed by atoms with E-state index in [2.05, 4.69) is 26.5 Å². The molecule has 0 aliphatic heterocycles. The van der Waals surface area contributed by atoms with Gasteiger partial charge in [-0.3, -0.25) is 4.79 Å². The zero-order valence-electron chi connectivity index (χ0n) is 8.21. The summed E-state index contributed by atoms with van der Waals surface area (Å²) in [5.74, 6) is 0.0830. The predicted octanol–water partition coefficient (Wildman–Crippen LogP) is 3.01. The number of amides is 1. The van der Waals surface area contributed by atoms with Crippen LogP contribution in [0.1, 0.15) is 10.4 Å². The summed E-state index contributed by atoms with van der Waals surface area (Å²) in [6.07, 6.45) is 0. The van der Waals surface area contributed by atoms with E-state index in [4.69, 9.17) is 23.2 Å². The number of benzene rings is 1. The van der Waals surface area contributed by atoms with Crippen molar-refractivity contribution < 1.29 is 4.79 Å². The molecule has 0 saturated carbocycles. The third kappa shape index (κ3) is 3.77. The fraction of sp³-hybridized carbons (Fsp3) is 0.200. The minimum Gasteiger partial charge on any atom is -0.267 e. The van der Waals surface area contributed by atoms with Crippen LogP contribution in [0.25, 0.3) is 0 Å². The second-order valence-electron chi connectivity index (χ2n) is 2.87. The number of hydrazone groups is 1. The first-order valence-electron chi connectivity index (χ1n) is 4.41. The summed E-state index contributed by atoms with van der Waals surface area (Å²) in [4.78, 5) is 11.7. The third-order valence-electron chi connectivity index (χ3n) is 1.74. The van der Waals surface area contributed by atoms with E-state index in [1.807, 2.05) is 6.07 Å². The molecule has 1 aromatic carbocycles. The Balaban J connectivity index is 2.74. The highest BCUT2D eigenvalue weighted by Gasteiger charge is 2.08. The van der Waals surface area contributed by atoms with Crippen molar-refractivity contribution in [3.8, 4) is 0 Å². The van der Waals surface area contributed by atoms with Crippen LogP contribution in [0.3, 0.4) is 0 Å². The van der Waals surface area contributed by atoms with Crippen molar-refractivity contribution in [1.29, 1.82) is 0 Å². The minimum atomic E-state index is -0.305. The van der Waals surface area contributed by atoms with Gasteiger partial charge in [-0.2, -0.15) is 5.10 Å². The smallest absolute Gasteiger partial charge is 0.267 e. The third-order valence-corrected chi connectivity index (χ3v) is 3.05. The Hall–Kier alpha value is -0.580. The van der Waals surface area contributed by atoms with Crippen molar-refractivity contribution >= 4 is 50.8 Å². The van der Waals surface area contributed by atoms with Crippen molar-refractivity contribution in [2.45, 2.75) is 0 Å². The molecule has 0 aliphatic rings. The SMILES string of the molecule is O=C(NN=C(CCl)CCl)c1ccccc1Br. The summed E-state index contributed by atoms with van der Waals surface area (Å²) in [6.45, 7) is 0. The fourth-order valence-corrected chi connectivity index (χ4v) is 1.80. The molecule has 3 nitrogen and oxygen atoms in total. The summed E-state index contributed by atoms with van der Waals surface area (Å²) in [6, 6.07) is 7.07. The van der Waals surface area contributed by atoms with Crippen LogP contribution in [0.4, 0.5) is 0 Å². The second kappa shape index (κ2) is 6.89. The molecule has 0 bridgehead atoms. The standard InChI is InChI=1S/C10H9BrCl2N2O/c11-9-4-2-1-3-8(9)10(16)15-14-7(5-12)6-13/h1-4H,5-6H2,(H,15,16). The second-order valence-corrected chi connectivity index (χ2v) is 4.25. The lowest BCUT2D eigenvalue weighted by atomic mass is 10.2. The summed E-state index contributed by atoms with van der Waals surface area (Å²) in [5, 5.41) is 3.81. The van der Waals surface area contributed by atoms with Gasteiger partial charge in [-0.1, -0.05) is 12.1 Å². The van der Waals surface area contributed by atoms with E-state index in [1.54, 1.807) is 18.2 Å². The van der Waals surface area contributed by atoms with Crippen LogP contribution in [0.15, 0.2) is 33.8 Å². The molecule has 6 heteroatoms. The molecule has 16 heavy (non-hydrogen) atoms. The number of hydrogen-bond donors (Lipinski definition) is 1. The van der Waals surface area contributed by atoms with Crippen molar-refractivity contribution in [2.24, 2.45) is 5.10 Å². The Bertz CT molecular complexity index is 404. The van der Waals surface area contributed by atoms with Crippen molar-refractivity contribution in [3.05, 3.63) is 34.3 Å². The van der Waals surface area contributed by atoms with Crippen LogP contribution >= 0.6 is 39.1 Å². The molecule has 1 N–H and O–H groups in total. The molecule has 0 spiro atoms. The van der Waals surface area contributed by atoms with Gasteiger partial charge in [-0.25, -0.2) is 5.43 Å². The molecule has 0 saturated heterocycles. The first-order valence-corrected chi connectivity index (χ1v) is 6.27. The molecule has 0 atom stereocenters. The van der Waals surface area contributed by atoms with Gasteiger partial charge < -0.3 is 0 Å². The first kappa shape index (κ1) is 13.5. The van der Waals surface area contributed by atoms with Crippen molar-refractivity contribution in [3.63, 3.8) is 0 Å². The highest BCUT2D eigenvalue weighted by Crippen LogP contribution is 2.15. The molecule has 0 aromatic heterocycles. The maximum absolute atomic E-state index is 11.7. The normalized spacial score (nSPS) is 9.69. The van der Waals surface area contributed by atoms with Crippen LogP contribution in [-0.4, -0.2) is 23.4 Å². The Morgan fingerprint density at radius 1 is 1.31 bits per heavy atom. The van der Waals surface area contributed by atoms with E-state index in [0.717, 1.165) is 0 Å². The number of hydrogen-bond acceptors (Lipinski definition) is 2. The van der Waals surface area contributed by atoms with Gasteiger partial charge in [0.15, 0.2) is 0 Å². The quantitative estimate of drug-likeness (QED) is 0.516. The zero-order chi connectivity index (χ0) is 12.0. The van der Waals surface area contributed by atoms with Crippen LogP contribution in [0.5, 0.6) is 0 Å². The molecule has 0 heterocycles. The lowest BCUT2D eigenvalue weighted by molar-refractivity contribution is 0.0954. The average Bonchev–Trinajstić information content (AvgIpc) is 2.30. The molecule has 0 aliphatic carbocycles. The molecule has 0 fully saturated rings. The molecule has 1 amide bonds. The lowest BCUT2D eigenvalue weighted by Gasteiger charge is -2.03. The largest absolute Gasteiger partial charge is 0.272 e. The van der Waals surface area contributed by atoms with Crippen LogP contribution < -0.4 is 5.43 Å². The monoisotopic (exact) mass is 322 g/mol. The summed E-state index contributed by atoms with van der Waals surface area (Å²) in [5.41, 5.74) is 3.42. The van der Waals surface area contributed by atoms with Gasteiger partial charge in [0.05, 0.1) is 23.0 Å². The van der Waals surface area contributed by atoms with E-state index in [9.17, 15) is 4.79 Å². The first-order chi connectivity index (χ1) is 7.69. The van der Waals surface area contributed by atoms with Gasteiger partial charge in [0.25, 0.3) is 5.91 Å². The number of rotatable bonds is 4. The van der Waals surface area contributed by atoms with Gasteiger partial charge in [-0.15, -0.1) is 23.2 Å². The summed E-state index contributed by atoms with van der Waals surface area (Å²) < 4.78 is 0.709. The van der Waals surface area contributed by atoms with Gasteiger partial charge >= 0.3 is 0 Å². The van der Waals surface area contributed by atoms with E-state index >= 15 is 0 Å². The zero-order valence-corrected chi connectivity index (χ0v) is 11.3. The number of carbonyl (C=O) groups excluding carboxylic acids is 1. The van der Waals surface area contributed by atoms with Crippen molar-refractivity contribution in [2.75, 3.05) is 11.8 Å². The molecular formula is C10H9BrCl2N2O. The number of nitrogens with zero attached hydrogens (tertiary/aromatic N) is 1. The van der Waals surface area contributed by atoms with Gasteiger partial charge in [-0.05, 0) is 28.1 Å². The highest BCUT2D eigenvalue weighted by atomic mass is 79.9. The number of nitrogens with one attached hydrogen (secondary N) is 1. The molecule has 1 rings (SSSR count). The van der Waals surface area contributed by atoms with Crippen LogP contribution in [0, 0.1) is 0 Å². The number of alkyl halides is 2. The summed E-state index contributed by atoms with van der Waals surface area (Å²) in [7, 11) is 0. The molecule has 0 unspecified atom stereocenters. The Morgan fingerprint density at radius 3 is 2.50 bits per heavy atom. The predicted molar refractivity (Wildman–Crippen MR) is 70.5 cm³/mol. The van der Waals surface area contributed by atoms with Gasteiger partial charge in [0.1, 0.15) is 0 Å². The van der Waals surface area contributed by atoms with E-state index in [-0.39, 0.29) is 17.7 Å². The average molecular weight is 324 g/mol. The molecule has 86 valence electrons. The van der Waals surface area contributed by atoms with Crippen LogP contribution in [-0.2, 0) is 0 Å². The lowest BCUT2D eigenvalue weighted by Crippen LogP contribution is -2.21. The molecule has 0 radical (unpaired) electrons. The van der Waals surface area contributed by atoms with Gasteiger partial charge in [0, 0.05) is 4.47 Å². The highest BCUT2D eigenvalue weighted by molar-refractivity contribution is 9.10. The maximum atomic E-state index is 11.7. The topological polar surface area (TPSA) is 41.5 Å². The fourth-order valence-electron chi connectivity index (χ4n) is 0.931. The maximum Gasteiger partial charge on any atom is 0.272 e. The van der Waals surface area contributed by atoms with Crippen LogP contribution in [0.2, 0.25) is 0 Å². The molecule has 1 aromatic rings. The molecular weight excluding hydrogens is 315 g/mol. The minimum absolute atomic E-state index is 0.194. The Morgan fingerprint density at radius 2 is 1.94 bits per heavy atom. The Labute approximate surface area is 112 Å². The summed E-state index contributed by atoms with van der Waals surface area (Å²) >= 11 is 14.4. The number of halogens is 3. The number of carbonyl (C=O) groups is 1. The van der Waals surface area contributed by atoms with Gasteiger partial charge in [0.2, 0.25) is 0 Å². The van der Waals surface area contributed by atoms with E-state index in [0.29, 0.717) is 15.7 Å². The van der Waals surface area contributed by atoms with E-state index < -0.39 is 0 Å².